The summed E-state index contributed by atoms with van der Waals surface area (Å²) in [4.78, 5) is 24.9. The fraction of sp³-hybridized carbons (Fsp3) is 0.263. The fourth-order valence-electron chi connectivity index (χ4n) is 2.48. The van der Waals surface area contributed by atoms with Gasteiger partial charge >= 0.3 is 11.9 Å². The molecular weight excluding hydrogens is 322 g/mol. The minimum atomic E-state index is -0.654. The van der Waals surface area contributed by atoms with Gasteiger partial charge in [-0.05, 0) is 51.1 Å². The van der Waals surface area contributed by atoms with Crippen LogP contribution in [0.1, 0.15) is 47.1 Å². The van der Waals surface area contributed by atoms with Gasteiger partial charge in [0, 0.05) is 11.3 Å². The van der Waals surface area contributed by atoms with Gasteiger partial charge < -0.3 is 19.9 Å². The molecule has 130 valence electrons. The molecule has 0 saturated carbocycles. The second kappa shape index (κ2) is 6.12. The first-order valence-corrected chi connectivity index (χ1v) is 7.84. The second-order valence-electron chi connectivity index (χ2n) is 6.73. The summed E-state index contributed by atoms with van der Waals surface area (Å²) in [6, 6.07) is 9.63. The fourth-order valence-corrected chi connectivity index (χ4v) is 2.48. The Morgan fingerprint density at radius 3 is 2.68 bits per heavy atom. The van der Waals surface area contributed by atoms with Gasteiger partial charge in [-0.1, -0.05) is 6.07 Å². The van der Waals surface area contributed by atoms with Crippen LogP contribution in [0.2, 0.25) is 0 Å². The van der Waals surface area contributed by atoms with Crippen LogP contribution in [0.3, 0.4) is 0 Å². The van der Waals surface area contributed by atoms with Gasteiger partial charge in [0.05, 0.1) is 5.56 Å². The van der Waals surface area contributed by atoms with E-state index in [1.807, 2.05) is 0 Å². The molecule has 2 aromatic rings. The van der Waals surface area contributed by atoms with Crippen LogP contribution < -0.4 is 15.2 Å². The molecule has 0 radical (unpaired) electrons. The first-order valence-electron chi connectivity index (χ1n) is 7.84. The number of hydrogen-bond donors (Lipinski definition) is 1. The number of ether oxygens (including phenoxy) is 3. The Bertz CT molecular complexity index is 851. The molecule has 0 spiro atoms. The molecule has 0 unspecified atom stereocenters. The molecule has 1 aliphatic heterocycles. The maximum atomic E-state index is 12.4. The molecule has 0 aromatic heterocycles. The number of anilines is 1. The zero-order chi connectivity index (χ0) is 18.2. The monoisotopic (exact) mass is 341 g/mol. The summed E-state index contributed by atoms with van der Waals surface area (Å²) in [5.41, 5.74) is 6.81. The third-order valence-electron chi connectivity index (χ3n) is 3.52. The van der Waals surface area contributed by atoms with Crippen LogP contribution in [0.25, 0.3) is 0 Å². The van der Waals surface area contributed by atoms with E-state index in [1.165, 1.54) is 0 Å². The summed E-state index contributed by atoms with van der Waals surface area (Å²) in [6.45, 7) is 5.41. The molecule has 0 fully saturated rings. The molecule has 0 atom stereocenters. The van der Waals surface area contributed by atoms with Crippen LogP contribution in [0, 0.1) is 0 Å². The average Bonchev–Trinajstić information content (AvgIpc) is 2.50. The topological polar surface area (TPSA) is 87.9 Å². The van der Waals surface area contributed by atoms with Crippen LogP contribution in [0.4, 0.5) is 5.69 Å². The van der Waals surface area contributed by atoms with Crippen molar-refractivity contribution >= 4 is 17.6 Å². The highest BCUT2D eigenvalue weighted by Crippen LogP contribution is 2.36. The van der Waals surface area contributed by atoms with E-state index in [0.29, 0.717) is 16.8 Å². The summed E-state index contributed by atoms with van der Waals surface area (Å²) in [5.74, 6) is -0.719. The molecule has 6 nitrogen and oxygen atoms in total. The van der Waals surface area contributed by atoms with Gasteiger partial charge in [0.1, 0.15) is 17.8 Å². The second-order valence-corrected chi connectivity index (χ2v) is 6.73. The Balaban J connectivity index is 2.00. The number of nitrogens with two attached hydrogens (primary N) is 1. The molecule has 0 bridgehead atoms. The van der Waals surface area contributed by atoms with E-state index < -0.39 is 17.5 Å². The van der Waals surface area contributed by atoms with Crippen molar-refractivity contribution in [3.63, 3.8) is 0 Å². The van der Waals surface area contributed by atoms with Crippen molar-refractivity contribution in [3.8, 4) is 11.5 Å². The zero-order valence-corrected chi connectivity index (χ0v) is 14.3. The smallest absolute Gasteiger partial charge is 0.344 e. The van der Waals surface area contributed by atoms with E-state index >= 15 is 0 Å². The summed E-state index contributed by atoms with van der Waals surface area (Å²) in [7, 11) is 0. The number of nitrogen functional groups attached to an aromatic ring is 1. The third kappa shape index (κ3) is 3.57. The lowest BCUT2D eigenvalue weighted by Gasteiger charge is -2.22. The first kappa shape index (κ1) is 16.8. The SMILES string of the molecule is CC(C)(C)OC(=O)c1cccc2c1OCc1cc(N)ccc1C(=O)O2. The van der Waals surface area contributed by atoms with Crippen LogP contribution in [0.5, 0.6) is 11.5 Å². The highest BCUT2D eigenvalue weighted by Gasteiger charge is 2.27. The Kier molecular flexibility index (Phi) is 4.12. The number of para-hydroxylation sites is 1. The molecule has 0 amide bonds. The van der Waals surface area contributed by atoms with Gasteiger partial charge in [-0.15, -0.1) is 0 Å². The van der Waals surface area contributed by atoms with Gasteiger partial charge in [-0.25, -0.2) is 9.59 Å². The highest BCUT2D eigenvalue weighted by atomic mass is 16.6. The average molecular weight is 341 g/mol. The number of benzene rings is 2. The van der Waals surface area contributed by atoms with Gasteiger partial charge in [-0.2, -0.15) is 0 Å². The Hall–Kier alpha value is -3.02. The predicted octanol–water partition coefficient (Wildman–Crippen LogP) is 3.34. The quantitative estimate of drug-likeness (QED) is 0.486. The molecule has 25 heavy (non-hydrogen) atoms. The number of fused-ring (bicyclic) bond motifs is 2. The first-order chi connectivity index (χ1) is 11.7. The number of carbonyl (C=O) groups is 2. The summed E-state index contributed by atoms with van der Waals surface area (Å²) < 4.78 is 16.6. The zero-order valence-electron chi connectivity index (χ0n) is 14.3. The summed E-state index contributed by atoms with van der Waals surface area (Å²) in [5, 5.41) is 0. The van der Waals surface area contributed by atoms with E-state index in [1.54, 1.807) is 57.2 Å². The van der Waals surface area contributed by atoms with E-state index in [-0.39, 0.29) is 23.7 Å². The molecule has 0 saturated heterocycles. The molecule has 1 aliphatic rings. The maximum Gasteiger partial charge on any atom is 0.344 e. The van der Waals surface area contributed by atoms with Gasteiger partial charge in [0.25, 0.3) is 0 Å². The van der Waals surface area contributed by atoms with Crippen molar-refractivity contribution in [1.82, 2.24) is 0 Å². The lowest BCUT2D eigenvalue weighted by atomic mass is 10.1. The van der Waals surface area contributed by atoms with Crippen molar-refractivity contribution in [2.45, 2.75) is 33.0 Å². The van der Waals surface area contributed by atoms with Crippen LogP contribution in [0.15, 0.2) is 36.4 Å². The van der Waals surface area contributed by atoms with Crippen molar-refractivity contribution in [2.24, 2.45) is 0 Å². The number of rotatable bonds is 1. The summed E-state index contributed by atoms with van der Waals surface area (Å²) in [6.07, 6.45) is 0. The van der Waals surface area contributed by atoms with E-state index in [4.69, 9.17) is 19.9 Å². The van der Waals surface area contributed by atoms with Crippen molar-refractivity contribution in [2.75, 3.05) is 5.73 Å². The van der Waals surface area contributed by atoms with E-state index in [2.05, 4.69) is 0 Å². The molecule has 3 rings (SSSR count). The lowest BCUT2D eigenvalue weighted by Crippen LogP contribution is -2.25. The maximum absolute atomic E-state index is 12.4. The van der Waals surface area contributed by atoms with Gasteiger partial charge in [0.15, 0.2) is 11.5 Å². The Labute approximate surface area is 145 Å². The number of carbonyl (C=O) groups excluding carboxylic acids is 2. The minimum Gasteiger partial charge on any atom is -0.484 e. The third-order valence-corrected chi connectivity index (χ3v) is 3.52. The van der Waals surface area contributed by atoms with Crippen LogP contribution >= 0.6 is 0 Å². The number of hydrogen-bond acceptors (Lipinski definition) is 6. The molecule has 1 heterocycles. The minimum absolute atomic E-state index is 0.0856. The van der Waals surface area contributed by atoms with Gasteiger partial charge in [0.2, 0.25) is 0 Å². The largest absolute Gasteiger partial charge is 0.484 e. The molecule has 2 aromatic carbocycles. The standard InChI is InChI=1S/C19H19NO5/c1-19(2,3)25-18(22)14-5-4-6-15-16(14)23-10-11-9-12(20)7-8-13(11)17(21)24-15/h4-9H,10,20H2,1-3H3. The van der Waals surface area contributed by atoms with E-state index in [9.17, 15) is 9.59 Å². The van der Waals surface area contributed by atoms with Crippen LogP contribution in [-0.2, 0) is 11.3 Å². The molecule has 6 heteroatoms. The van der Waals surface area contributed by atoms with E-state index in [0.717, 1.165) is 0 Å². The van der Waals surface area contributed by atoms with Crippen molar-refractivity contribution in [1.29, 1.82) is 0 Å². The van der Waals surface area contributed by atoms with Gasteiger partial charge in [-0.3, -0.25) is 0 Å². The van der Waals surface area contributed by atoms with Crippen molar-refractivity contribution < 1.29 is 23.8 Å². The highest BCUT2D eigenvalue weighted by molar-refractivity contribution is 5.97. The number of esters is 2. The Morgan fingerprint density at radius 2 is 1.96 bits per heavy atom. The summed E-state index contributed by atoms with van der Waals surface area (Å²) >= 11 is 0. The molecular formula is C19H19NO5. The molecule has 2 N–H and O–H groups in total. The Morgan fingerprint density at radius 1 is 1.20 bits per heavy atom. The van der Waals surface area contributed by atoms with Crippen LogP contribution in [-0.4, -0.2) is 17.5 Å². The normalized spacial score (nSPS) is 13.5. The predicted molar refractivity (Wildman–Crippen MR) is 91.8 cm³/mol. The van der Waals surface area contributed by atoms with Crippen molar-refractivity contribution in [3.05, 3.63) is 53.1 Å². The lowest BCUT2D eigenvalue weighted by molar-refractivity contribution is 0.00638. The molecule has 0 aliphatic carbocycles.